The topological polar surface area (TPSA) is 96.7 Å². The van der Waals surface area contributed by atoms with Crippen LogP contribution in [0.25, 0.3) is 10.9 Å². The number of carbonyl (C=O) groups excluding carboxylic acids is 2. The minimum atomic E-state index is -1.03. The lowest BCUT2D eigenvalue weighted by molar-refractivity contribution is -0.162. The number of hydrogen-bond donors (Lipinski definition) is 0. The number of carbonyl (C=O) groups is 2. The lowest BCUT2D eigenvalue weighted by atomic mass is 9.93. The first-order valence-corrected chi connectivity index (χ1v) is 9.41. The Balaban J connectivity index is 1.95. The first-order chi connectivity index (χ1) is 13.5. The molecule has 28 heavy (non-hydrogen) atoms. The molecule has 8 heteroatoms. The highest BCUT2D eigenvalue weighted by Crippen LogP contribution is 2.33. The SMILES string of the molecule is CCOC(=O)C(CC1CCn2c1nc1ccc(OC)cc1c2=O)C(=O)OCC. The second-order valence-corrected chi connectivity index (χ2v) is 6.59. The van der Waals surface area contributed by atoms with Crippen LogP contribution in [0.5, 0.6) is 5.75 Å². The molecule has 1 aliphatic rings. The van der Waals surface area contributed by atoms with E-state index >= 15 is 0 Å². The molecule has 1 unspecified atom stereocenters. The molecule has 2 aromatic rings. The van der Waals surface area contributed by atoms with E-state index in [2.05, 4.69) is 4.98 Å². The molecule has 1 aromatic heterocycles. The van der Waals surface area contributed by atoms with E-state index in [-0.39, 0.29) is 31.1 Å². The van der Waals surface area contributed by atoms with E-state index in [1.54, 1.807) is 43.7 Å². The van der Waals surface area contributed by atoms with E-state index < -0.39 is 17.9 Å². The van der Waals surface area contributed by atoms with Gasteiger partial charge in [-0.3, -0.25) is 19.0 Å². The smallest absolute Gasteiger partial charge is 0.320 e. The molecule has 8 nitrogen and oxygen atoms in total. The summed E-state index contributed by atoms with van der Waals surface area (Å²) >= 11 is 0. The highest BCUT2D eigenvalue weighted by molar-refractivity contribution is 5.95. The van der Waals surface area contributed by atoms with Crippen LogP contribution in [0.1, 0.15) is 38.4 Å². The molecule has 3 rings (SSSR count). The summed E-state index contributed by atoms with van der Waals surface area (Å²) in [5, 5.41) is 0.482. The van der Waals surface area contributed by atoms with E-state index in [0.29, 0.717) is 35.4 Å². The van der Waals surface area contributed by atoms with Crippen molar-refractivity contribution in [1.82, 2.24) is 9.55 Å². The fourth-order valence-corrected chi connectivity index (χ4v) is 3.57. The Morgan fingerprint density at radius 2 is 1.89 bits per heavy atom. The number of esters is 2. The lowest BCUT2D eigenvalue weighted by Crippen LogP contribution is -2.30. The Hall–Kier alpha value is -2.90. The molecule has 1 atom stereocenters. The van der Waals surface area contributed by atoms with E-state index in [9.17, 15) is 14.4 Å². The summed E-state index contributed by atoms with van der Waals surface area (Å²) in [6, 6.07) is 5.15. The van der Waals surface area contributed by atoms with Crippen molar-refractivity contribution in [2.75, 3.05) is 20.3 Å². The number of methoxy groups -OCH3 is 1. The minimum absolute atomic E-state index is 0.148. The summed E-state index contributed by atoms with van der Waals surface area (Å²) in [6.45, 7) is 4.22. The predicted octanol–water partition coefficient (Wildman–Crippen LogP) is 2.02. The fourth-order valence-electron chi connectivity index (χ4n) is 3.57. The molecule has 0 bridgehead atoms. The third kappa shape index (κ3) is 3.72. The van der Waals surface area contributed by atoms with Gasteiger partial charge in [-0.15, -0.1) is 0 Å². The van der Waals surface area contributed by atoms with Crippen LogP contribution in [0.15, 0.2) is 23.0 Å². The molecule has 0 saturated carbocycles. The van der Waals surface area contributed by atoms with Crippen molar-refractivity contribution in [3.63, 3.8) is 0 Å². The Morgan fingerprint density at radius 3 is 2.50 bits per heavy atom. The number of fused-ring (bicyclic) bond motifs is 2. The van der Waals surface area contributed by atoms with Crippen LogP contribution >= 0.6 is 0 Å². The van der Waals surface area contributed by atoms with Crippen LogP contribution in [-0.4, -0.2) is 41.8 Å². The van der Waals surface area contributed by atoms with Crippen LogP contribution in [0.4, 0.5) is 0 Å². The standard InChI is InChI=1S/C20H24N2O6/c1-4-27-19(24)15(20(25)28-5-2)10-12-8-9-22-17(12)21-16-7-6-13(26-3)11-14(16)18(22)23/h6-7,11-12,15H,4-5,8-10H2,1-3H3. The van der Waals surface area contributed by atoms with Crippen molar-refractivity contribution in [2.45, 2.75) is 39.2 Å². The van der Waals surface area contributed by atoms with Gasteiger partial charge in [0.1, 0.15) is 11.6 Å². The first-order valence-electron chi connectivity index (χ1n) is 9.41. The van der Waals surface area contributed by atoms with E-state index in [0.717, 1.165) is 0 Å². The van der Waals surface area contributed by atoms with Crippen molar-refractivity contribution >= 4 is 22.8 Å². The van der Waals surface area contributed by atoms with Gasteiger partial charge in [-0.2, -0.15) is 0 Å². The normalized spacial score (nSPS) is 15.5. The molecular weight excluding hydrogens is 364 g/mol. The maximum atomic E-state index is 12.9. The third-order valence-electron chi connectivity index (χ3n) is 4.92. The Bertz CT molecular complexity index is 934. The molecular formula is C20H24N2O6. The number of ether oxygens (including phenoxy) is 3. The zero-order valence-corrected chi connectivity index (χ0v) is 16.3. The quantitative estimate of drug-likeness (QED) is 0.529. The Morgan fingerprint density at radius 1 is 1.21 bits per heavy atom. The number of hydrogen-bond acceptors (Lipinski definition) is 7. The molecule has 2 heterocycles. The van der Waals surface area contributed by atoms with Crippen LogP contribution in [0.3, 0.4) is 0 Å². The maximum absolute atomic E-state index is 12.9. The van der Waals surface area contributed by atoms with E-state index in [4.69, 9.17) is 14.2 Å². The van der Waals surface area contributed by atoms with Crippen molar-refractivity contribution in [1.29, 1.82) is 0 Å². The summed E-state index contributed by atoms with van der Waals surface area (Å²) in [5.41, 5.74) is 0.415. The van der Waals surface area contributed by atoms with E-state index in [1.807, 2.05) is 0 Å². The Kier molecular flexibility index (Phi) is 5.96. The van der Waals surface area contributed by atoms with Gasteiger partial charge in [0, 0.05) is 12.5 Å². The van der Waals surface area contributed by atoms with Gasteiger partial charge in [-0.1, -0.05) is 0 Å². The average molecular weight is 388 g/mol. The number of benzene rings is 1. The molecule has 0 N–H and O–H groups in total. The molecule has 0 aliphatic carbocycles. The number of nitrogens with zero attached hydrogens (tertiary/aromatic N) is 2. The highest BCUT2D eigenvalue weighted by atomic mass is 16.6. The fraction of sp³-hybridized carbons (Fsp3) is 0.500. The van der Waals surface area contributed by atoms with Crippen molar-refractivity contribution in [2.24, 2.45) is 5.92 Å². The van der Waals surface area contributed by atoms with Gasteiger partial charge in [0.2, 0.25) is 0 Å². The van der Waals surface area contributed by atoms with Crippen LogP contribution in [0, 0.1) is 5.92 Å². The van der Waals surface area contributed by atoms with Gasteiger partial charge in [0.15, 0.2) is 5.92 Å². The molecule has 0 fully saturated rings. The Labute approximate surface area is 162 Å². The molecule has 150 valence electrons. The molecule has 0 radical (unpaired) electrons. The van der Waals surface area contributed by atoms with Gasteiger partial charge >= 0.3 is 11.9 Å². The van der Waals surface area contributed by atoms with Crippen LogP contribution in [-0.2, 0) is 25.6 Å². The summed E-state index contributed by atoms with van der Waals surface area (Å²) < 4.78 is 16.9. The minimum Gasteiger partial charge on any atom is -0.497 e. The molecule has 1 aromatic carbocycles. The largest absolute Gasteiger partial charge is 0.497 e. The van der Waals surface area contributed by atoms with Crippen molar-refractivity contribution in [3.8, 4) is 5.75 Å². The van der Waals surface area contributed by atoms with Crippen LogP contribution < -0.4 is 10.3 Å². The van der Waals surface area contributed by atoms with Crippen molar-refractivity contribution < 1.29 is 23.8 Å². The van der Waals surface area contributed by atoms with Crippen LogP contribution in [0.2, 0.25) is 0 Å². The number of rotatable bonds is 7. The predicted molar refractivity (Wildman–Crippen MR) is 101 cm³/mol. The number of aromatic nitrogens is 2. The highest BCUT2D eigenvalue weighted by Gasteiger charge is 2.36. The first kappa shape index (κ1) is 19.9. The summed E-state index contributed by atoms with van der Waals surface area (Å²) in [4.78, 5) is 42.1. The van der Waals surface area contributed by atoms with Gasteiger partial charge in [0.05, 0.1) is 31.2 Å². The molecule has 0 spiro atoms. The van der Waals surface area contributed by atoms with E-state index in [1.165, 1.54) is 0 Å². The van der Waals surface area contributed by atoms with Gasteiger partial charge in [0.25, 0.3) is 5.56 Å². The monoisotopic (exact) mass is 388 g/mol. The molecule has 0 saturated heterocycles. The molecule has 1 aliphatic heterocycles. The third-order valence-corrected chi connectivity index (χ3v) is 4.92. The second-order valence-electron chi connectivity index (χ2n) is 6.59. The zero-order chi connectivity index (χ0) is 20.3. The average Bonchev–Trinajstić information content (AvgIpc) is 3.09. The van der Waals surface area contributed by atoms with Gasteiger partial charge < -0.3 is 14.2 Å². The van der Waals surface area contributed by atoms with Gasteiger partial charge in [-0.05, 0) is 44.9 Å². The lowest BCUT2D eigenvalue weighted by Gasteiger charge is -2.18. The zero-order valence-electron chi connectivity index (χ0n) is 16.3. The van der Waals surface area contributed by atoms with Gasteiger partial charge in [-0.25, -0.2) is 4.98 Å². The molecule has 0 amide bonds. The summed E-state index contributed by atoms with van der Waals surface area (Å²) in [7, 11) is 1.54. The second kappa shape index (κ2) is 8.41. The maximum Gasteiger partial charge on any atom is 0.320 e. The summed E-state index contributed by atoms with van der Waals surface area (Å²) in [6.07, 6.45) is 0.816. The summed E-state index contributed by atoms with van der Waals surface area (Å²) in [5.74, 6) is -1.27. The van der Waals surface area contributed by atoms with Crippen molar-refractivity contribution in [3.05, 3.63) is 34.4 Å².